The molecule has 30 heavy (non-hydrogen) atoms. The Morgan fingerprint density at radius 3 is 1.90 bits per heavy atom. The van der Waals surface area contributed by atoms with Gasteiger partial charge in [0.2, 0.25) is 11.8 Å². The molecule has 8 nitrogen and oxygen atoms in total. The van der Waals surface area contributed by atoms with Gasteiger partial charge in [-0.25, -0.2) is 14.6 Å². The van der Waals surface area contributed by atoms with Gasteiger partial charge in [-0.3, -0.25) is 9.59 Å². The fraction of sp³-hybridized carbons (Fsp3) is 0.500. The maximum Gasteiger partial charge on any atom is 0.453 e. The van der Waals surface area contributed by atoms with Crippen LogP contribution in [0, 0.1) is 10.8 Å². The van der Waals surface area contributed by atoms with Crippen LogP contribution >= 0.6 is 15.9 Å². The summed E-state index contributed by atoms with van der Waals surface area (Å²) in [5, 5.41) is 8.66. The van der Waals surface area contributed by atoms with Crippen LogP contribution in [0.3, 0.4) is 0 Å². The first-order valence-electron chi connectivity index (χ1n) is 8.83. The predicted molar refractivity (Wildman–Crippen MR) is 108 cm³/mol. The fourth-order valence-electron chi connectivity index (χ4n) is 1.93. The van der Waals surface area contributed by atoms with Crippen molar-refractivity contribution in [2.24, 2.45) is 10.8 Å². The number of carbonyl (C=O) groups excluding carboxylic acids is 2. The lowest BCUT2D eigenvalue weighted by atomic mass is 9.95. The molecular weight excluding hydrogens is 469 g/mol. The van der Waals surface area contributed by atoms with E-state index in [9.17, 15) is 22.8 Å². The molecule has 164 valence electrons. The number of amides is 2. The Balaban J connectivity index is 2.57. The van der Waals surface area contributed by atoms with Crippen LogP contribution in [0.1, 0.15) is 47.4 Å². The van der Waals surface area contributed by atoms with Gasteiger partial charge in [-0.15, -0.1) is 5.10 Å². The summed E-state index contributed by atoms with van der Waals surface area (Å²) >= 11 is 3.25. The number of pyridine rings is 1. The second-order valence-corrected chi connectivity index (χ2v) is 9.46. The molecule has 0 saturated carbocycles. The molecule has 0 fully saturated rings. The van der Waals surface area contributed by atoms with Crippen LogP contribution < -0.4 is 10.6 Å². The molecule has 0 bridgehead atoms. The molecule has 2 heterocycles. The summed E-state index contributed by atoms with van der Waals surface area (Å²) in [6.45, 7) is 10.1. The number of anilines is 2. The molecule has 0 atom stereocenters. The van der Waals surface area contributed by atoms with E-state index >= 15 is 0 Å². The number of rotatable bonds is 3. The molecule has 2 rings (SSSR count). The van der Waals surface area contributed by atoms with Crippen LogP contribution in [0.4, 0.5) is 24.8 Å². The summed E-state index contributed by atoms with van der Waals surface area (Å²) in [7, 11) is 0. The third-order valence-corrected chi connectivity index (χ3v) is 4.38. The molecule has 0 aliphatic carbocycles. The van der Waals surface area contributed by atoms with Crippen molar-refractivity contribution in [3.63, 3.8) is 0 Å². The van der Waals surface area contributed by atoms with Crippen LogP contribution in [0.25, 0.3) is 5.69 Å². The number of alkyl halides is 3. The summed E-state index contributed by atoms with van der Waals surface area (Å²) < 4.78 is 39.8. The minimum absolute atomic E-state index is 0.0382. The zero-order chi connectivity index (χ0) is 23.1. The second-order valence-electron chi connectivity index (χ2n) is 8.61. The zero-order valence-electron chi connectivity index (χ0n) is 17.3. The summed E-state index contributed by atoms with van der Waals surface area (Å²) in [4.78, 5) is 32.3. The summed E-state index contributed by atoms with van der Waals surface area (Å²) in [6, 6.07) is 1.39. The molecule has 0 aliphatic rings. The maximum absolute atomic E-state index is 12.9. The number of halogens is 4. The van der Waals surface area contributed by atoms with Gasteiger partial charge in [0.15, 0.2) is 5.82 Å². The number of nitrogens with one attached hydrogen (secondary N) is 2. The molecule has 0 aliphatic heterocycles. The Hall–Kier alpha value is -2.50. The predicted octanol–water partition coefficient (Wildman–Crippen LogP) is 4.41. The summed E-state index contributed by atoms with van der Waals surface area (Å²) in [5.41, 5.74) is -1.49. The van der Waals surface area contributed by atoms with E-state index in [1.165, 1.54) is 6.07 Å². The lowest BCUT2D eigenvalue weighted by Gasteiger charge is -2.21. The van der Waals surface area contributed by atoms with Gasteiger partial charge in [0, 0.05) is 10.8 Å². The van der Waals surface area contributed by atoms with E-state index in [-0.39, 0.29) is 27.7 Å². The molecular formula is C18H22BrF3N6O2. The lowest BCUT2D eigenvalue weighted by molar-refractivity contribution is -0.144. The smallest absolute Gasteiger partial charge is 0.309 e. The highest BCUT2D eigenvalue weighted by Crippen LogP contribution is 2.32. The number of hydrogen-bond acceptors (Lipinski definition) is 5. The summed E-state index contributed by atoms with van der Waals surface area (Å²) in [5.74, 6) is -2.09. The zero-order valence-corrected chi connectivity index (χ0v) is 18.9. The highest BCUT2D eigenvalue weighted by Gasteiger charge is 2.36. The third-order valence-electron chi connectivity index (χ3n) is 3.77. The Morgan fingerprint density at radius 1 is 0.967 bits per heavy atom. The van der Waals surface area contributed by atoms with Gasteiger partial charge in [-0.2, -0.15) is 13.2 Å². The van der Waals surface area contributed by atoms with Crippen molar-refractivity contribution in [2.75, 3.05) is 10.6 Å². The number of hydrogen-bond donors (Lipinski definition) is 2. The Morgan fingerprint density at radius 2 is 1.47 bits per heavy atom. The van der Waals surface area contributed by atoms with Crippen molar-refractivity contribution in [1.82, 2.24) is 19.7 Å². The van der Waals surface area contributed by atoms with Gasteiger partial charge in [0.05, 0.1) is 4.47 Å². The highest BCUT2D eigenvalue weighted by atomic mass is 79.9. The number of aromatic nitrogens is 4. The van der Waals surface area contributed by atoms with Crippen molar-refractivity contribution >= 4 is 39.4 Å². The van der Waals surface area contributed by atoms with Gasteiger partial charge in [0.25, 0.3) is 5.82 Å². The molecule has 12 heteroatoms. The molecule has 0 radical (unpaired) electrons. The van der Waals surface area contributed by atoms with Crippen LogP contribution in [-0.4, -0.2) is 31.6 Å². The maximum atomic E-state index is 12.9. The Kier molecular flexibility index (Phi) is 6.32. The molecule has 2 aromatic rings. The van der Waals surface area contributed by atoms with Crippen LogP contribution in [0.15, 0.2) is 16.9 Å². The van der Waals surface area contributed by atoms with E-state index < -0.39 is 28.7 Å². The molecule has 2 amide bonds. The lowest BCUT2D eigenvalue weighted by Crippen LogP contribution is -2.30. The minimum Gasteiger partial charge on any atom is -0.309 e. The van der Waals surface area contributed by atoms with E-state index in [0.717, 1.165) is 11.0 Å². The standard InChI is InChI=1S/C18H22BrF3N6O2/c1-16(2,3)14(29)25-11-9(19)7-10(12(24-11)26-15(30)17(4,5)6)28-8-23-13(27-28)18(20,21)22/h7-8H,1-6H3,(H2,24,25,26,29,30). The largest absolute Gasteiger partial charge is 0.453 e. The molecule has 0 unspecified atom stereocenters. The topological polar surface area (TPSA) is 102 Å². The Bertz CT molecular complexity index is 974. The van der Waals surface area contributed by atoms with Crippen molar-refractivity contribution in [1.29, 1.82) is 0 Å². The quantitative estimate of drug-likeness (QED) is 0.663. The highest BCUT2D eigenvalue weighted by molar-refractivity contribution is 9.10. The molecule has 0 aromatic carbocycles. The molecule has 0 saturated heterocycles. The Labute approximate surface area is 179 Å². The SMILES string of the molecule is CC(C)(C)C(=O)Nc1nc(NC(=O)C(C)(C)C)c(-n2cnc(C(F)(F)F)n2)cc1Br. The van der Waals surface area contributed by atoms with Gasteiger partial charge < -0.3 is 10.6 Å². The normalized spacial score (nSPS) is 12.6. The molecule has 0 spiro atoms. The van der Waals surface area contributed by atoms with E-state index in [1.54, 1.807) is 41.5 Å². The van der Waals surface area contributed by atoms with Crippen LogP contribution in [0.5, 0.6) is 0 Å². The molecule has 2 aromatic heterocycles. The van der Waals surface area contributed by atoms with Gasteiger partial charge in [-0.05, 0) is 22.0 Å². The van der Waals surface area contributed by atoms with E-state index in [4.69, 9.17) is 0 Å². The monoisotopic (exact) mass is 490 g/mol. The van der Waals surface area contributed by atoms with E-state index in [0.29, 0.717) is 0 Å². The summed E-state index contributed by atoms with van der Waals surface area (Å²) in [6.07, 6.45) is -3.86. The van der Waals surface area contributed by atoms with Crippen molar-refractivity contribution in [3.8, 4) is 5.69 Å². The first-order valence-corrected chi connectivity index (χ1v) is 9.62. The first-order chi connectivity index (χ1) is 13.5. The third kappa shape index (κ3) is 5.55. The number of carbonyl (C=O) groups is 2. The van der Waals surface area contributed by atoms with Crippen molar-refractivity contribution < 1.29 is 22.8 Å². The molecule has 2 N–H and O–H groups in total. The van der Waals surface area contributed by atoms with Crippen molar-refractivity contribution in [3.05, 3.63) is 22.7 Å². The van der Waals surface area contributed by atoms with E-state index in [2.05, 4.69) is 41.6 Å². The van der Waals surface area contributed by atoms with E-state index in [1.807, 2.05) is 0 Å². The van der Waals surface area contributed by atoms with Crippen molar-refractivity contribution in [2.45, 2.75) is 47.7 Å². The van der Waals surface area contributed by atoms with Gasteiger partial charge in [-0.1, -0.05) is 41.5 Å². The average Bonchev–Trinajstić information content (AvgIpc) is 3.05. The second kappa shape index (κ2) is 7.97. The minimum atomic E-state index is -4.73. The van der Waals surface area contributed by atoms with Gasteiger partial charge >= 0.3 is 6.18 Å². The van der Waals surface area contributed by atoms with Crippen LogP contribution in [0.2, 0.25) is 0 Å². The fourth-order valence-corrected chi connectivity index (χ4v) is 2.34. The average molecular weight is 491 g/mol. The number of nitrogens with zero attached hydrogens (tertiary/aromatic N) is 4. The van der Waals surface area contributed by atoms with Crippen LogP contribution in [-0.2, 0) is 15.8 Å². The first kappa shape index (κ1) is 23.8. The van der Waals surface area contributed by atoms with Gasteiger partial charge in [0.1, 0.15) is 17.8 Å².